The van der Waals surface area contributed by atoms with Crippen LogP contribution in [0, 0.1) is 12.7 Å². The van der Waals surface area contributed by atoms with Crippen LogP contribution in [-0.4, -0.2) is 7.05 Å². The van der Waals surface area contributed by atoms with Crippen molar-refractivity contribution in [2.24, 2.45) is 0 Å². The molecule has 21 heavy (non-hydrogen) atoms. The summed E-state index contributed by atoms with van der Waals surface area (Å²) in [6.45, 7) is 1.90. The van der Waals surface area contributed by atoms with E-state index in [9.17, 15) is 17.6 Å². The van der Waals surface area contributed by atoms with Gasteiger partial charge in [-0.2, -0.15) is 13.2 Å². The predicted octanol–water partition coefficient (Wildman–Crippen LogP) is 4.46. The minimum atomic E-state index is -4.68. The first-order valence-electron chi connectivity index (χ1n) is 6.44. The Morgan fingerprint density at radius 1 is 1.05 bits per heavy atom. The van der Waals surface area contributed by atoms with Crippen LogP contribution in [0.15, 0.2) is 42.5 Å². The summed E-state index contributed by atoms with van der Waals surface area (Å²) in [6, 6.07) is 10.2. The van der Waals surface area contributed by atoms with Gasteiger partial charge in [-0.15, -0.1) is 0 Å². The molecule has 2 aromatic rings. The fraction of sp³-hybridized carbons (Fsp3) is 0.250. The topological polar surface area (TPSA) is 12.0 Å². The van der Waals surface area contributed by atoms with Crippen molar-refractivity contribution in [1.82, 2.24) is 5.32 Å². The molecule has 2 aromatic carbocycles. The third-order valence-corrected chi connectivity index (χ3v) is 3.42. The van der Waals surface area contributed by atoms with Crippen LogP contribution in [0.4, 0.5) is 17.6 Å². The molecule has 1 nitrogen and oxygen atoms in total. The molecule has 1 atom stereocenters. The lowest BCUT2D eigenvalue weighted by Gasteiger charge is -2.20. The molecule has 1 unspecified atom stereocenters. The van der Waals surface area contributed by atoms with Crippen molar-refractivity contribution in [1.29, 1.82) is 0 Å². The van der Waals surface area contributed by atoms with Crippen LogP contribution < -0.4 is 5.32 Å². The van der Waals surface area contributed by atoms with E-state index >= 15 is 0 Å². The fourth-order valence-corrected chi connectivity index (χ4v) is 2.35. The van der Waals surface area contributed by atoms with E-state index in [1.807, 2.05) is 31.2 Å². The molecule has 5 heteroatoms. The number of nitrogens with one attached hydrogen (secondary N) is 1. The van der Waals surface area contributed by atoms with E-state index in [4.69, 9.17) is 0 Å². The second-order valence-electron chi connectivity index (χ2n) is 4.82. The molecule has 2 rings (SSSR count). The highest BCUT2D eigenvalue weighted by atomic mass is 19.4. The standard InChI is InChI=1S/C16H15F4N/c1-10-5-3-4-6-12(10)15(21-2)11-7-8-13(14(17)9-11)16(18,19)20/h3-9,15,21H,1-2H3. The average molecular weight is 297 g/mol. The summed E-state index contributed by atoms with van der Waals surface area (Å²) in [4.78, 5) is 0. The van der Waals surface area contributed by atoms with Gasteiger partial charge in [-0.3, -0.25) is 0 Å². The van der Waals surface area contributed by atoms with Gasteiger partial charge in [0.05, 0.1) is 11.6 Å². The smallest absolute Gasteiger partial charge is 0.309 e. The molecule has 0 aliphatic heterocycles. The van der Waals surface area contributed by atoms with Gasteiger partial charge in [0.1, 0.15) is 5.82 Å². The maximum absolute atomic E-state index is 13.7. The zero-order valence-electron chi connectivity index (χ0n) is 11.6. The molecule has 0 aliphatic rings. The third kappa shape index (κ3) is 3.24. The van der Waals surface area contributed by atoms with E-state index in [0.717, 1.165) is 23.3 Å². The Balaban J connectivity index is 2.45. The van der Waals surface area contributed by atoms with Crippen LogP contribution >= 0.6 is 0 Å². The molecule has 112 valence electrons. The van der Waals surface area contributed by atoms with Crippen molar-refractivity contribution in [3.05, 3.63) is 70.5 Å². The molecule has 0 spiro atoms. The normalized spacial score (nSPS) is 13.2. The monoisotopic (exact) mass is 297 g/mol. The zero-order chi connectivity index (χ0) is 15.6. The first-order chi connectivity index (χ1) is 9.84. The third-order valence-electron chi connectivity index (χ3n) is 3.42. The Kier molecular flexibility index (Phi) is 4.32. The summed E-state index contributed by atoms with van der Waals surface area (Å²) in [5, 5.41) is 3.01. The summed E-state index contributed by atoms with van der Waals surface area (Å²) < 4.78 is 51.5. The van der Waals surface area contributed by atoms with Gasteiger partial charge in [-0.25, -0.2) is 4.39 Å². The van der Waals surface area contributed by atoms with Crippen molar-refractivity contribution in [2.75, 3.05) is 7.05 Å². The van der Waals surface area contributed by atoms with Gasteiger partial charge in [0, 0.05) is 0 Å². The van der Waals surface area contributed by atoms with Gasteiger partial charge in [0.15, 0.2) is 0 Å². The first kappa shape index (κ1) is 15.5. The maximum atomic E-state index is 13.7. The van der Waals surface area contributed by atoms with Crippen LogP contribution in [-0.2, 0) is 6.18 Å². The molecule has 0 radical (unpaired) electrons. The largest absolute Gasteiger partial charge is 0.419 e. The predicted molar refractivity (Wildman–Crippen MR) is 73.5 cm³/mol. The lowest BCUT2D eigenvalue weighted by Crippen LogP contribution is -2.19. The van der Waals surface area contributed by atoms with E-state index in [2.05, 4.69) is 5.32 Å². The minimum absolute atomic E-state index is 0.358. The molecule has 0 amide bonds. The highest BCUT2D eigenvalue weighted by Crippen LogP contribution is 2.33. The number of rotatable bonds is 3. The Bertz CT molecular complexity index is 634. The number of aryl methyl sites for hydroxylation is 1. The molecule has 0 aromatic heterocycles. The second-order valence-corrected chi connectivity index (χ2v) is 4.82. The summed E-state index contributed by atoms with van der Waals surface area (Å²) in [5.74, 6) is -1.26. The quantitative estimate of drug-likeness (QED) is 0.825. The molecule has 0 saturated carbocycles. The van der Waals surface area contributed by atoms with E-state index in [-0.39, 0.29) is 6.04 Å². The van der Waals surface area contributed by atoms with Crippen LogP contribution in [0.25, 0.3) is 0 Å². The van der Waals surface area contributed by atoms with Crippen LogP contribution in [0.3, 0.4) is 0 Å². The van der Waals surface area contributed by atoms with Crippen LogP contribution in [0.5, 0.6) is 0 Å². The molecular weight excluding hydrogens is 282 g/mol. The van der Waals surface area contributed by atoms with Gasteiger partial charge < -0.3 is 5.32 Å². The Morgan fingerprint density at radius 3 is 2.24 bits per heavy atom. The SMILES string of the molecule is CNC(c1ccc(C(F)(F)F)c(F)c1)c1ccccc1C. The Morgan fingerprint density at radius 2 is 1.71 bits per heavy atom. The highest BCUT2D eigenvalue weighted by molar-refractivity contribution is 5.38. The van der Waals surface area contributed by atoms with Gasteiger partial charge >= 0.3 is 6.18 Å². The zero-order valence-corrected chi connectivity index (χ0v) is 11.6. The first-order valence-corrected chi connectivity index (χ1v) is 6.44. The molecule has 1 N–H and O–H groups in total. The average Bonchev–Trinajstić information content (AvgIpc) is 2.40. The molecule has 0 fully saturated rings. The van der Waals surface area contributed by atoms with Crippen LogP contribution in [0.2, 0.25) is 0 Å². The van der Waals surface area contributed by atoms with Gasteiger partial charge in [-0.05, 0) is 42.8 Å². The summed E-state index contributed by atoms with van der Waals surface area (Å²) in [5.41, 5.74) is 1.10. The number of hydrogen-bond donors (Lipinski definition) is 1. The lowest BCUT2D eigenvalue weighted by molar-refractivity contribution is -0.140. The summed E-state index contributed by atoms with van der Waals surface area (Å²) >= 11 is 0. The van der Waals surface area contributed by atoms with E-state index in [0.29, 0.717) is 5.56 Å². The van der Waals surface area contributed by atoms with Crippen LogP contribution in [0.1, 0.15) is 28.3 Å². The van der Waals surface area contributed by atoms with Crippen molar-refractivity contribution in [2.45, 2.75) is 19.1 Å². The minimum Gasteiger partial charge on any atom is -0.309 e. The summed E-state index contributed by atoms with van der Waals surface area (Å²) in [6.07, 6.45) is -4.68. The van der Waals surface area contributed by atoms with Crippen molar-refractivity contribution >= 4 is 0 Å². The molecule has 0 saturated heterocycles. The van der Waals surface area contributed by atoms with Gasteiger partial charge in [0.2, 0.25) is 0 Å². The fourth-order valence-electron chi connectivity index (χ4n) is 2.35. The molecular formula is C16H15F4N. The van der Waals surface area contributed by atoms with E-state index in [1.165, 1.54) is 6.07 Å². The molecule has 0 bridgehead atoms. The van der Waals surface area contributed by atoms with E-state index in [1.54, 1.807) is 7.05 Å². The Hall–Kier alpha value is -1.88. The van der Waals surface area contributed by atoms with Crippen molar-refractivity contribution < 1.29 is 17.6 Å². The number of alkyl halides is 3. The lowest BCUT2D eigenvalue weighted by atomic mass is 9.94. The maximum Gasteiger partial charge on any atom is 0.419 e. The van der Waals surface area contributed by atoms with Crippen molar-refractivity contribution in [3.8, 4) is 0 Å². The highest BCUT2D eigenvalue weighted by Gasteiger charge is 2.34. The number of benzene rings is 2. The van der Waals surface area contributed by atoms with Gasteiger partial charge in [0.25, 0.3) is 0 Å². The number of hydrogen-bond acceptors (Lipinski definition) is 1. The Labute approximate surface area is 120 Å². The van der Waals surface area contributed by atoms with Gasteiger partial charge in [-0.1, -0.05) is 30.3 Å². The van der Waals surface area contributed by atoms with E-state index < -0.39 is 17.6 Å². The summed E-state index contributed by atoms with van der Waals surface area (Å²) in [7, 11) is 1.69. The molecule has 0 heterocycles. The molecule has 0 aliphatic carbocycles. The second kappa shape index (κ2) is 5.85. The number of halogens is 4. The van der Waals surface area contributed by atoms with Crippen molar-refractivity contribution in [3.63, 3.8) is 0 Å².